The fraction of sp³-hybridized carbons (Fsp3) is 0.429. The summed E-state index contributed by atoms with van der Waals surface area (Å²) in [5.74, 6) is 1.41. The number of rotatable bonds is 17. The van der Waals surface area contributed by atoms with Gasteiger partial charge in [0.2, 0.25) is 5.82 Å². The van der Waals surface area contributed by atoms with Crippen LogP contribution < -0.4 is 9.47 Å². The van der Waals surface area contributed by atoms with Crippen molar-refractivity contribution in [1.82, 2.24) is 19.9 Å². The molecule has 300 valence electrons. The van der Waals surface area contributed by atoms with E-state index in [9.17, 15) is 19.5 Å². The van der Waals surface area contributed by atoms with Crippen molar-refractivity contribution in [3.8, 4) is 23.0 Å². The van der Waals surface area contributed by atoms with Gasteiger partial charge < -0.3 is 33.5 Å². The van der Waals surface area contributed by atoms with Crippen molar-refractivity contribution in [3.63, 3.8) is 0 Å². The van der Waals surface area contributed by atoms with E-state index in [0.717, 1.165) is 22.3 Å². The van der Waals surface area contributed by atoms with Gasteiger partial charge >= 0.3 is 24.9 Å². The Morgan fingerprint density at radius 3 is 1.75 bits per heavy atom. The van der Waals surface area contributed by atoms with Crippen molar-refractivity contribution >= 4 is 18.2 Å². The Bertz CT molecular complexity index is 1850. The van der Waals surface area contributed by atoms with Crippen molar-refractivity contribution in [2.24, 2.45) is 11.8 Å². The SMILES string of the molecule is Cc1ccc(-c2nc(COc3ccc([C@@H](C)N(CC(=O)O)C(=O)OCC(C)C)cc3)no2)cc1.[C-]#[N+]COc1ccc([C@@H](C)N(CC)C(=O)OCC(C)C)cc1. The molecule has 0 aliphatic heterocycles. The third kappa shape index (κ3) is 14.3. The van der Waals surface area contributed by atoms with Crippen molar-refractivity contribution in [1.29, 1.82) is 0 Å². The van der Waals surface area contributed by atoms with E-state index in [0.29, 0.717) is 42.3 Å². The number of carbonyl (C=O) groups excluding carboxylic acids is 2. The molecule has 0 unspecified atom stereocenters. The van der Waals surface area contributed by atoms with E-state index < -0.39 is 24.6 Å². The van der Waals surface area contributed by atoms with Crippen molar-refractivity contribution in [2.45, 2.75) is 74.1 Å². The average Bonchev–Trinajstić information content (AvgIpc) is 3.66. The van der Waals surface area contributed by atoms with Gasteiger partial charge in [-0.1, -0.05) is 74.8 Å². The molecule has 1 N–H and O–H groups in total. The number of aryl methyl sites for hydroxylation is 1. The highest BCUT2D eigenvalue weighted by Gasteiger charge is 2.26. The minimum absolute atomic E-state index is 0.0114. The molecule has 0 bridgehead atoms. The molecule has 1 aromatic heterocycles. The molecule has 0 fully saturated rings. The largest absolute Gasteiger partial charge is 0.485 e. The van der Waals surface area contributed by atoms with Gasteiger partial charge in [0.25, 0.3) is 5.89 Å². The number of hydrogen-bond donors (Lipinski definition) is 1. The smallest absolute Gasteiger partial charge is 0.410 e. The first kappa shape index (κ1) is 44.3. The highest BCUT2D eigenvalue weighted by Crippen LogP contribution is 2.26. The van der Waals surface area contributed by atoms with Crippen LogP contribution in [0.25, 0.3) is 16.3 Å². The zero-order valence-corrected chi connectivity index (χ0v) is 33.4. The number of ether oxygens (including phenoxy) is 4. The number of carbonyl (C=O) groups is 3. The normalized spacial score (nSPS) is 11.7. The first-order valence-electron chi connectivity index (χ1n) is 18.5. The minimum Gasteiger partial charge on any atom is -0.485 e. The van der Waals surface area contributed by atoms with Crippen molar-refractivity contribution in [2.75, 3.05) is 33.0 Å². The number of aliphatic carboxylic acids is 1. The lowest BCUT2D eigenvalue weighted by Gasteiger charge is -2.28. The topological polar surface area (TPSA) is 158 Å². The summed E-state index contributed by atoms with van der Waals surface area (Å²) in [6.45, 7) is 23.1. The molecule has 0 aliphatic rings. The van der Waals surface area contributed by atoms with E-state index >= 15 is 0 Å². The minimum atomic E-state index is -1.11. The highest BCUT2D eigenvalue weighted by molar-refractivity contribution is 5.77. The summed E-state index contributed by atoms with van der Waals surface area (Å²) in [7, 11) is 0. The summed E-state index contributed by atoms with van der Waals surface area (Å²) in [4.78, 5) is 46.2. The molecule has 2 amide bonds. The van der Waals surface area contributed by atoms with E-state index in [1.165, 1.54) is 4.90 Å². The molecule has 3 aromatic carbocycles. The number of amides is 2. The molecule has 2 atom stereocenters. The molecule has 14 nitrogen and oxygen atoms in total. The number of nitrogens with zero attached hydrogens (tertiary/aromatic N) is 5. The fourth-order valence-corrected chi connectivity index (χ4v) is 5.13. The molecular formula is C42H53N5O9. The molecule has 0 aliphatic carbocycles. The van der Waals surface area contributed by atoms with Crippen LogP contribution in [0.2, 0.25) is 0 Å². The van der Waals surface area contributed by atoms with E-state index in [2.05, 4.69) is 15.0 Å². The predicted molar refractivity (Wildman–Crippen MR) is 210 cm³/mol. The van der Waals surface area contributed by atoms with Crippen LogP contribution in [0.3, 0.4) is 0 Å². The summed E-state index contributed by atoms with van der Waals surface area (Å²) in [5, 5.41) is 13.2. The predicted octanol–water partition coefficient (Wildman–Crippen LogP) is 8.98. The Morgan fingerprint density at radius 2 is 1.27 bits per heavy atom. The first-order chi connectivity index (χ1) is 26.7. The van der Waals surface area contributed by atoms with Gasteiger partial charge in [-0.15, -0.1) is 0 Å². The Balaban J connectivity index is 0.000000331. The van der Waals surface area contributed by atoms with Gasteiger partial charge in [-0.2, -0.15) is 4.98 Å². The molecule has 56 heavy (non-hydrogen) atoms. The Morgan fingerprint density at radius 1 is 0.768 bits per heavy atom. The quantitative estimate of drug-likeness (QED) is 0.102. The lowest BCUT2D eigenvalue weighted by Crippen LogP contribution is -2.38. The van der Waals surface area contributed by atoms with Crippen LogP contribution in [0.5, 0.6) is 11.5 Å². The highest BCUT2D eigenvalue weighted by atomic mass is 16.6. The van der Waals surface area contributed by atoms with Gasteiger partial charge in [-0.05, 0) is 87.1 Å². The number of hydrogen-bond acceptors (Lipinski definition) is 10. The van der Waals surface area contributed by atoms with Crippen LogP contribution >= 0.6 is 0 Å². The molecule has 0 spiro atoms. The van der Waals surface area contributed by atoms with Crippen molar-refractivity contribution < 1.29 is 43.0 Å². The second kappa shape index (κ2) is 22.3. The standard InChI is InChI=1S/C25H29N3O6.C17H24N2O3/c1-16(2)14-33-25(31)28(13-23(29)30)18(4)19-9-11-21(12-10-19)32-15-22-26-24(34-27-22)20-7-5-17(3)6-8-20;1-6-19(17(20)21-11-13(2)3)14(4)15-7-9-16(10-8-15)22-12-18-5/h5-12,16,18H,13-15H2,1-4H3,(H,29,30);7-10,13-14H,6,11-12H2,1-4H3/t18-;14-/m11/s1. The maximum atomic E-state index is 12.4. The first-order valence-corrected chi connectivity index (χ1v) is 18.5. The van der Waals surface area contributed by atoms with Gasteiger partial charge in [-0.3, -0.25) is 14.5 Å². The van der Waals surface area contributed by atoms with Crippen LogP contribution in [0, 0.1) is 25.3 Å². The van der Waals surface area contributed by atoms with Gasteiger partial charge in [0.15, 0.2) is 6.61 Å². The van der Waals surface area contributed by atoms with Crippen molar-refractivity contribution in [3.05, 3.63) is 107 Å². The Labute approximate surface area is 329 Å². The van der Waals surface area contributed by atoms with E-state index in [-0.39, 0.29) is 38.0 Å². The lowest BCUT2D eigenvalue weighted by atomic mass is 10.1. The molecule has 4 rings (SSSR count). The van der Waals surface area contributed by atoms with Crippen LogP contribution in [0.1, 0.15) is 83.1 Å². The molecule has 14 heteroatoms. The third-order valence-electron chi connectivity index (χ3n) is 8.29. The zero-order chi connectivity index (χ0) is 41.2. The molecule has 1 heterocycles. The van der Waals surface area contributed by atoms with E-state index in [1.807, 2.05) is 97.0 Å². The third-order valence-corrected chi connectivity index (χ3v) is 8.29. The van der Waals surface area contributed by atoms with E-state index in [4.69, 9.17) is 30.0 Å². The summed E-state index contributed by atoms with van der Waals surface area (Å²) >= 11 is 0. The van der Waals surface area contributed by atoms with Crippen LogP contribution in [-0.2, 0) is 20.9 Å². The van der Waals surface area contributed by atoms with E-state index in [1.54, 1.807) is 36.1 Å². The number of carboxylic acids is 1. The lowest BCUT2D eigenvalue weighted by molar-refractivity contribution is -0.138. The molecule has 4 aromatic rings. The zero-order valence-electron chi connectivity index (χ0n) is 33.4. The number of benzene rings is 3. The maximum absolute atomic E-state index is 12.4. The van der Waals surface area contributed by atoms with Gasteiger partial charge in [0.1, 0.15) is 18.0 Å². The van der Waals surface area contributed by atoms with Gasteiger partial charge in [-0.25, -0.2) is 16.2 Å². The summed E-state index contributed by atoms with van der Waals surface area (Å²) < 4.78 is 26.8. The molecular weight excluding hydrogens is 718 g/mol. The van der Waals surface area contributed by atoms with Gasteiger partial charge in [0.05, 0.1) is 25.3 Å². The van der Waals surface area contributed by atoms with Crippen LogP contribution in [0.15, 0.2) is 77.3 Å². The fourth-order valence-electron chi connectivity index (χ4n) is 5.13. The summed E-state index contributed by atoms with van der Waals surface area (Å²) in [6.07, 6.45) is -0.956. The molecule has 0 radical (unpaired) electrons. The molecule has 0 saturated carbocycles. The van der Waals surface area contributed by atoms with Crippen LogP contribution in [-0.4, -0.2) is 76.2 Å². The second-order valence-electron chi connectivity index (χ2n) is 13.8. The number of carboxylic acid groups (broad SMARTS) is 1. The average molecular weight is 772 g/mol. The van der Waals surface area contributed by atoms with Crippen LogP contribution in [0.4, 0.5) is 9.59 Å². The monoisotopic (exact) mass is 771 g/mol. The second-order valence-corrected chi connectivity index (χ2v) is 13.8. The van der Waals surface area contributed by atoms with Gasteiger partial charge in [0, 0.05) is 12.1 Å². The maximum Gasteiger partial charge on any atom is 0.410 e. The Kier molecular flexibility index (Phi) is 17.7. The summed E-state index contributed by atoms with van der Waals surface area (Å²) in [6, 6.07) is 21.7. The Hall–Kier alpha value is -6.10. The molecule has 0 saturated heterocycles. The summed E-state index contributed by atoms with van der Waals surface area (Å²) in [5.41, 5.74) is 3.72. The number of aromatic nitrogens is 2.